The molecular weight excluding hydrogens is 449 g/mol. The maximum Gasteiger partial charge on any atom is 0.190 e. The molecule has 0 aliphatic carbocycles. The van der Waals surface area contributed by atoms with Crippen molar-refractivity contribution in [2.24, 2.45) is 4.99 Å². The van der Waals surface area contributed by atoms with E-state index in [1.165, 1.54) is 19.3 Å². The van der Waals surface area contributed by atoms with Gasteiger partial charge in [-0.15, -0.1) is 24.0 Å². The van der Waals surface area contributed by atoms with E-state index in [0.717, 1.165) is 24.5 Å². The van der Waals surface area contributed by atoms with Gasteiger partial charge in [-0.05, 0) is 18.4 Å². The maximum absolute atomic E-state index is 12.1. The summed E-state index contributed by atoms with van der Waals surface area (Å²) in [5, 5.41) is 6.43. The van der Waals surface area contributed by atoms with E-state index in [-0.39, 0.29) is 35.5 Å². The van der Waals surface area contributed by atoms with Crippen LogP contribution in [0.5, 0.6) is 0 Å². The number of hydrogen-bond donors (Lipinski definition) is 2. The van der Waals surface area contributed by atoms with Crippen LogP contribution in [-0.4, -0.2) is 40.3 Å². The molecule has 1 rings (SSSR count). The largest absolute Gasteiger partial charge is 0.356 e. The van der Waals surface area contributed by atoms with Gasteiger partial charge in [0.25, 0.3) is 0 Å². The molecule has 25 heavy (non-hydrogen) atoms. The molecule has 2 N–H and O–H groups in total. The summed E-state index contributed by atoms with van der Waals surface area (Å²) in [6, 6.07) is 9.31. The molecule has 0 bridgehead atoms. The molecule has 0 amide bonds. The summed E-state index contributed by atoms with van der Waals surface area (Å²) < 4.78 is 24.2. The van der Waals surface area contributed by atoms with Crippen LogP contribution in [0.4, 0.5) is 0 Å². The van der Waals surface area contributed by atoms with Crippen LogP contribution < -0.4 is 10.6 Å². The van der Waals surface area contributed by atoms with Crippen molar-refractivity contribution >= 4 is 39.8 Å². The first-order valence-electron chi connectivity index (χ1n) is 8.76. The Morgan fingerprint density at radius 1 is 1.00 bits per heavy atom. The number of aliphatic imine (C=N–C) groups is 1. The molecule has 0 fully saturated rings. The lowest BCUT2D eigenvalue weighted by molar-refractivity contribution is 0.591. The second kappa shape index (κ2) is 14.4. The highest BCUT2D eigenvalue weighted by atomic mass is 127. The summed E-state index contributed by atoms with van der Waals surface area (Å²) in [6.07, 6.45) is 5.40. The van der Waals surface area contributed by atoms with E-state index >= 15 is 0 Å². The van der Waals surface area contributed by atoms with Crippen LogP contribution in [0, 0.1) is 0 Å². The summed E-state index contributed by atoms with van der Waals surface area (Å²) in [5.74, 6) is 1.03. The minimum absolute atomic E-state index is 0. The van der Waals surface area contributed by atoms with Crippen LogP contribution in [0.25, 0.3) is 0 Å². The van der Waals surface area contributed by atoms with Crippen LogP contribution >= 0.6 is 24.0 Å². The van der Waals surface area contributed by atoms with Crippen LogP contribution in [-0.2, 0) is 15.6 Å². The van der Waals surface area contributed by atoms with Crippen molar-refractivity contribution in [3.63, 3.8) is 0 Å². The maximum atomic E-state index is 12.1. The van der Waals surface area contributed by atoms with Gasteiger partial charge in [-0.1, -0.05) is 56.5 Å². The average Bonchev–Trinajstić information content (AvgIpc) is 2.57. The first-order chi connectivity index (χ1) is 11.6. The molecule has 0 aliphatic heterocycles. The minimum atomic E-state index is -3.07. The molecule has 5 nitrogen and oxygen atoms in total. The molecular formula is C18H32IN3O2S. The normalized spacial score (nSPS) is 11.7. The molecule has 1 aromatic rings. The van der Waals surface area contributed by atoms with Crippen LogP contribution in [0.1, 0.15) is 44.6 Å². The number of nitrogens with zero attached hydrogens (tertiary/aromatic N) is 1. The molecule has 0 saturated heterocycles. The fourth-order valence-electron chi connectivity index (χ4n) is 2.38. The molecule has 0 unspecified atom stereocenters. The molecule has 0 atom stereocenters. The molecule has 0 saturated carbocycles. The Kier molecular flexibility index (Phi) is 13.9. The van der Waals surface area contributed by atoms with Crippen molar-refractivity contribution in [3.05, 3.63) is 35.9 Å². The number of hydrogen-bond acceptors (Lipinski definition) is 3. The van der Waals surface area contributed by atoms with Crippen molar-refractivity contribution in [1.82, 2.24) is 10.6 Å². The summed E-state index contributed by atoms with van der Waals surface area (Å²) >= 11 is 0. The highest BCUT2D eigenvalue weighted by Crippen LogP contribution is 2.06. The van der Waals surface area contributed by atoms with Gasteiger partial charge in [0, 0.05) is 20.1 Å². The predicted octanol–water partition coefficient (Wildman–Crippen LogP) is 3.35. The van der Waals surface area contributed by atoms with Crippen molar-refractivity contribution in [1.29, 1.82) is 0 Å². The van der Waals surface area contributed by atoms with Gasteiger partial charge < -0.3 is 10.6 Å². The zero-order chi connectivity index (χ0) is 17.7. The Bertz CT molecular complexity index is 577. The molecule has 0 aromatic heterocycles. The zero-order valence-electron chi connectivity index (χ0n) is 15.3. The Hall–Kier alpha value is -0.830. The van der Waals surface area contributed by atoms with Crippen molar-refractivity contribution in [2.45, 2.75) is 44.8 Å². The molecule has 0 radical (unpaired) electrons. The summed E-state index contributed by atoms with van der Waals surface area (Å²) in [5.41, 5.74) is 0.843. The van der Waals surface area contributed by atoms with Crippen LogP contribution in [0.3, 0.4) is 0 Å². The smallest absolute Gasteiger partial charge is 0.190 e. The first-order valence-corrected chi connectivity index (χ1v) is 10.6. The quantitative estimate of drug-likeness (QED) is 0.220. The van der Waals surface area contributed by atoms with Gasteiger partial charge in [0.05, 0.1) is 11.5 Å². The van der Waals surface area contributed by atoms with Gasteiger partial charge in [0.15, 0.2) is 15.8 Å². The molecule has 0 aliphatic rings. The van der Waals surface area contributed by atoms with E-state index in [2.05, 4.69) is 22.5 Å². The summed E-state index contributed by atoms with van der Waals surface area (Å²) in [4.78, 5) is 4.15. The molecule has 0 heterocycles. The Labute approximate surface area is 170 Å². The SMILES string of the molecule is CCCCCCNC(=NC)NCCCS(=O)(=O)Cc1ccccc1.I. The van der Waals surface area contributed by atoms with E-state index in [1.807, 2.05) is 30.3 Å². The van der Waals surface area contributed by atoms with E-state index in [4.69, 9.17) is 0 Å². The highest BCUT2D eigenvalue weighted by molar-refractivity contribution is 14.0. The third-order valence-electron chi connectivity index (χ3n) is 3.70. The number of rotatable bonds is 11. The standard InChI is InChI=1S/C18H31N3O2S.HI/c1-3-4-5-9-13-20-18(19-2)21-14-10-15-24(22,23)16-17-11-7-6-8-12-17;/h6-8,11-12H,3-5,9-10,13-16H2,1-2H3,(H2,19,20,21);1H. The molecule has 144 valence electrons. The number of guanidine groups is 1. The summed E-state index contributed by atoms with van der Waals surface area (Å²) in [6.45, 7) is 3.69. The third-order valence-corrected chi connectivity index (χ3v) is 5.38. The average molecular weight is 481 g/mol. The lowest BCUT2D eigenvalue weighted by Gasteiger charge is -2.12. The Balaban J connectivity index is 0.00000576. The van der Waals surface area contributed by atoms with Gasteiger partial charge >= 0.3 is 0 Å². The first kappa shape index (κ1) is 24.2. The van der Waals surface area contributed by atoms with E-state index in [1.54, 1.807) is 7.05 Å². The molecule has 7 heteroatoms. The summed E-state index contributed by atoms with van der Waals surface area (Å²) in [7, 11) is -1.34. The Morgan fingerprint density at radius 3 is 2.24 bits per heavy atom. The highest BCUT2D eigenvalue weighted by Gasteiger charge is 2.11. The third kappa shape index (κ3) is 12.2. The topological polar surface area (TPSA) is 70.6 Å². The predicted molar refractivity (Wildman–Crippen MR) is 117 cm³/mol. The van der Waals surface area contributed by atoms with Gasteiger partial charge in [-0.25, -0.2) is 8.42 Å². The van der Waals surface area contributed by atoms with E-state index in [0.29, 0.717) is 13.0 Å². The number of nitrogens with one attached hydrogen (secondary N) is 2. The van der Waals surface area contributed by atoms with E-state index in [9.17, 15) is 8.42 Å². The zero-order valence-corrected chi connectivity index (χ0v) is 18.5. The lowest BCUT2D eigenvalue weighted by atomic mass is 10.2. The number of benzene rings is 1. The number of unbranched alkanes of at least 4 members (excludes halogenated alkanes) is 3. The Morgan fingerprint density at radius 2 is 1.64 bits per heavy atom. The molecule has 0 spiro atoms. The van der Waals surface area contributed by atoms with Crippen LogP contribution in [0.2, 0.25) is 0 Å². The van der Waals surface area contributed by atoms with Gasteiger partial charge in [0.2, 0.25) is 0 Å². The van der Waals surface area contributed by atoms with Crippen molar-refractivity contribution < 1.29 is 8.42 Å². The second-order valence-electron chi connectivity index (χ2n) is 5.92. The van der Waals surface area contributed by atoms with Gasteiger partial charge in [-0.2, -0.15) is 0 Å². The monoisotopic (exact) mass is 481 g/mol. The minimum Gasteiger partial charge on any atom is -0.356 e. The lowest BCUT2D eigenvalue weighted by Crippen LogP contribution is -2.38. The number of halogens is 1. The van der Waals surface area contributed by atoms with Gasteiger partial charge in [0.1, 0.15) is 0 Å². The van der Waals surface area contributed by atoms with Crippen molar-refractivity contribution in [2.75, 3.05) is 25.9 Å². The van der Waals surface area contributed by atoms with E-state index < -0.39 is 9.84 Å². The fraction of sp³-hybridized carbons (Fsp3) is 0.611. The fourth-order valence-corrected chi connectivity index (χ4v) is 3.81. The second-order valence-corrected chi connectivity index (χ2v) is 8.10. The van der Waals surface area contributed by atoms with Gasteiger partial charge in [-0.3, -0.25) is 4.99 Å². The molecule has 1 aromatic carbocycles. The van der Waals surface area contributed by atoms with Crippen molar-refractivity contribution in [3.8, 4) is 0 Å². The number of sulfone groups is 1. The van der Waals surface area contributed by atoms with Crippen LogP contribution in [0.15, 0.2) is 35.3 Å².